The van der Waals surface area contributed by atoms with Gasteiger partial charge in [0.2, 0.25) is 0 Å². The Morgan fingerprint density at radius 3 is 2.23 bits per heavy atom. The van der Waals surface area contributed by atoms with E-state index in [4.69, 9.17) is 9.84 Å². The number of aliphatic carboxylic acids is 1. The standard InChI is InChI=1S/C17H33NO4/c1-6-7-8-9-10-14(2)11-17(21)22-15(12-16(19)20)13-18(3,4)5/h14-15H,6-13H2,1-5H3/p+1. The maximum atomic E-state index is 12.0. The molecule has 0 aromatic rings. The van der Waals surface area contributed by atoms with Crippen LogP contribution in [0.4, 0.5) is 0 Å². The van der Waals surface area contributed by atoms with Gasteiger partial charge in [-0.1, -0.05) is 46.0 Å². The smallest absolute Gasteiger partial charge is 0.307 e. The second-order valence-electron chi connectivity index (χ2n) is 7.34. The lowest BCUT2D eigenvalue weighted by atomic mass is 9.99. The van der Waals surface area contributed by atoms with E-state index >= 15 is 0 Å². The molecule has 0 bridgehead atoms. The van der Waals surface area contributed by atoms with Gasteiger partial charge in [0, 0.05) is 6.42 Å². The largest absolute Gasteiger partial charge is 0.481 e. The predicted octanol–water partition coefficient (Wildman–Crippen LogP) is 3.08. The van der Waals surface area contributed by atoms with Gasteiger partial charge < -0.3 is 14.3 Å². The van der Waals surface area contributed by atoms with Gasteiger partial charge in [-0.25, -0.2) is 0 Å². The lowest BCUT2D eigenvalue weighted by molar-refractivity contribution is -0.873. The Morgan fingerprint density at radius 1 is 1.09 bits per heavy atom. The monoisotopic (exact) mass is 316 g/mol. The van der Waals surface area contributed by atoms with E-state index in [1.807, 2.05) is 21.1 Å². The highest BCUT2D eigenvalue weighted by Gasteiger charge is 2.25. The van der Waals surface area contributed by atoms with Gasteiger partial charge in [-0.2, -0.15) is 0 Å². The molecule has 2 atom stereocenters. The Balaban J connectivity index is 4.23. The molecule has 0 aromatic heterocycles. The highest BCUT2D eigenvalue weighted by molar-refractivity contribution is 5.71. The van der Waals surface area contributed by atoms with Crippen LogP contribution in [0.3, 0.4) is 0 Å². The second-order valence-corrected chi connectivity index (χ2v) is 7.34. The number of rotatable bonds is 12. The predicted molar refractivity (Wildman–Crippen MR) is 87.6 cm³/mol. The third-order valence-corrected chi connectivity index (χ3v) is 3.52. The number of unbranched alkanes of at least 4 members (excludes halogenated alkanes) is 3. The molecule has 5 nitrogen and oxygen atoms in total. The van der Waals surface area contributed by atoms with E-state index in [0.29, 0.717) is 23.4 Å². The highest BCUT2D eigenvalue weighted by atomic mass is 16.5. The number of likely N-dealkylation sites (N-methyl/N-ethyl adjacent to an activating group) is 1. The van der Waals surface area contributed by atoms with Gasteiger partial charge in [0.15, 0.2) is 6.10 Å². The molecule has 1 N–H and O–H groups in total. The Labute approximate surface area is 135 Å². The van der Waals surface area contributed by atoms with Crippen LogP contribution in [0.2, 0.25) is 0 Å². The Morgan fingerprint density at radius 2 is 1.73 bits per heavy atom. The zero-order valence-corrected chi connectivity index (χ0v) is 14.9. The maximum Gasteiger partial charge on any atom is 0.307 e. The summed E-state index contributed by atoms with van der Waals surface area (Å²) >= 11 is 0. The first kappa shape index (κ1) is 20.9. The molecule has 2 unspecified atom stereocenters. The van der Waals surface area contributed by atoms with E-state index < -0.39 is 12.1 Å². The summed E-state index contributed by atoms with van der Waals surface area (Å²) in [5.74, 6) is -0.916. The van der Waals surface area contributed by atoms with E-state index in [1.54, 1.807) is 0 Å². The average molecular weight is 316 g/mol. The van der Waals surface area contributed by atoms with Crippen molar-refractivity contribution in [3.8, 4) is 0 Å². The van der Waals surface area contributed by atoms with Crippen molar-refractivity contribution in [2.75, 3.05) is 27.7 Å². The van der Waals surface area contributed by atoms with Crippen molar-refractivity contribution in [3.63, 3.8) is 0 Å². The molecule has 5 heteroatoms. The van der Waals surface area contributed by atoms with Crippen LogP contribution >= 0.6 is 0 Å². The fraction of sp³-hybridized carbons (Fsp3) is 0.882. The summed E-state index contributed by atoms with van der Waals surface area (Å²) < 4.78 is 5.97. The minimum Gasteiger partial charge on any atom is -0.481 e. The lowest BCUT2D eigenvalue weighted by Gasteiger charge is -2.28. The molecular weight excluding hydrogens is 282 g/mol. The van der Waals surface area contributed by atoms with Gasteiger partial charge in [-0.3, -0.25) is 9.59 Å². The van der Waals surface area contributed by atoms with Crippen molar-refractivity contribution in [3.05, 3.63) is 0 Å². The molecule has 0 aliphatic heterocycles. The molecule has 0 fully saturated rings. The summed E-state index contributed by atoms with van der Waals surface area (Å²) in [7, 11) is 5.87. The SMILES string of the molecule is CCCCCCC(C)CC(=O)OC(CC(=O)O)C[N+](C)(C)C. The van der Waals surface area contributed by atoms with Crippen LogP contribution < -0.4 is 0 Å². The summed E-state index contributed by atoms with van der Waals surface area (Å²) in [6.45, 7) is 4.74. The minimum absolute atomic E-state index is 0.133. The topological polar surface area (TPSA) is 63.6 Å². The van der Waals surface area contributed by atoms with E-state index in [-0.39, 0.29) is 12.4 Å². The molecule has 0 radical (unpaired) electrons. The molecule has 0 aliphatic carbocycles. The van der Waals surface area contributed by atoms with E-state index in [1.165, 1.54) is 19.3 Å². The van der Waals surface area contributed by atoms with Crippen LogP contribution in [0.1, 0.15) is 58.8 Å². The summed E-state index contributed by atoms with van der Waals surface area (Å²) in [6, 6.07) is 0. The van der Waals surface area contributed by atoms with Crippen LogP contribution in [-0.2, 0) is 14.3 Å². The molecule has 0 aliphatic rings. The molecule has 0 aromatic carbocycles. The maximum absolute atomic E-state index is 12.0. The summed E-state index contributed by atoms with van der Waals surface area (Å²) in [4.78, 5) is 22.9. The molecular formula is C17H34NO4+. The molecule has 0 amide bonds. The molecule has 130 valence electrons. The first-order chi connectivity index (χ1) is 10.1. The fourth-order valence-corrected chi connectivity index (χ4v) is 2.49. The van der Waals surface area contributed by atoms with E-state index in [9.17, 15) is 9.59 Å². The second kappa shape index (κ2) is 10.6. The molecule has 0 saturated heterocycles. The van der Waals surface area contributed by atoms with Crippen molar-refractivity contribution in [1.29, 1.82) is 0 Å². The van der Waals surface area contributed by atoms with E-state index in [2.05, 4.69) is 13.8 Å². The first-order valence-electron chi connectivity index (χ1n) is 8.35. The van der Waals surface area contributed by atoms with Crippen molar-refractivity contribution in [2.24, 2.45) is 5.92 Å². The number of nitrogens with zero attached hydrogens (tertiary/aromatic N) is 1. The molecule has 22 heavy (non-hydrogen) atoms. The number of hydrogen-bond acceptors (Lipinski definition) is 3. The van der Waals surface area contributed by atoms with Gasteiger partial charge >= 0.3 is 11.9 Å². The van der Waals surface area contributed by atoms with Gasteiger partial charge in [0.05, 0.1) is 27.6 Å². The Hall–Kier alpha value is -1.10. The number of carboxylic acids is 1. The van der Waals surface area contributed by atoms with Gasteiger partial charge in [-0.05, 0) is 5.92 Å². The van der Waals surface area contributed by atoms with Gasteiger partial charge in [-0.15, -0.1) is 0 Å². The molecule has 0 rings (SSSR count). The van der Waals surface area contributed by atoms with Crippen LogP contribution in [-0.4, -0.2) is 55.3 Å². The minimum atomic E-state index is -0.932. The normalized spacial score (nSPS) is 14.4. The van der Waals surface area contributed by atoms with Crippen molar-refractivity contribution in [1.82, 2.24) is 0 Å². The quantitative estimate of drug-likeness (QED) is 0.341. The lowest BCUT2D eigenvalue weighted by Crippen LogP contribution is -2.43. The summed E-state index contributed by atoms with van der Waals surface area (Å²) in [5, 5.41) is 8.94. The molecule has 0 heterocycles. The third kappa shape index (κ3) is 12.6. The van der Waals surface area contributed by atoms with E-state index in [0.717, 1.165) is 12.8 Å². The molecule has 0 saturated carbocycles. The van der Waals surface area contributed by atoms with Crippen LogP contribution in [0.15, 0.2) is 0 Å². The van der Waals surface area contributed by atoms with Crippen molar-refractivity contribution >= 4 is 11.9 Å². The number of ether oxygens (including phenoxy) is 1. The third-order valence-electron chi connectivity index (χ3n) is 3.52. The van der Waals surface area contributed by atoms with Crippen molar-refractivity contribution in [2.45, 2.75) is 64.9 Å². The van der Waals surface area contributed by atoms with Crippen molar-refractivity contribution < 1.29 is 23.9 Å². The number of esters is 1. The van der Waals surface area contributed by atoms with Gasteiger partial charge in [0.25, 0.3) is 0 Å². The highest BCUT2D eigenvalue weighted by Crippen LogP contribution is 2.16. The number of carboxylic acid groups (broad SMARTS) is 1. The fourth-order valence-electron chi connectivity index (χ4n) is 2.49. The number of hydrogen-bond donors (Lipinski definition) is 1. The zero-order valence-electron chi connectivity index (χ0n) is 14.9. The zero-order chi connectivity index (χ0) is 17.2. The molecule has 0 spiro atoms. The Kier molecular flexibility index (Phi) is 10.1. The van der Waals surface area contributed by atoms with Crippen LogP contribution in [0, 0.1) is 5.92 Å². The number of carbonyl (C=O) groups excluding carboxylic acids is 1. The van der Waals surface area contributed by atoms with Crippen LogP contribution in [0.25, 0.3) is 0 Å². The number of carbonyl (C=O) groups is 2. The first-order valence-corrected chi connectivity index (χ1v) is 8.35. The Bertz CT molecular complexity index is 336. The average Bonchev–Trinajstić information content (AvgIpc) is 2.31. The number of quaternary nitrogens is 1. The van der Waals surface area contributed by atoms with Crippen LogP contribution in [0.5, 0.6) is 0 Å². The summed E-state index contributed by atoms with van der Waals surface area (Å²) in [6.07, 6.45) is 5.50. The summed E-state index contributed by atoms with van der Waals surface area (Å²) in [5.41, 5.74) is 0. The van der Waals surface area contributed by atoms with Gasteiger partial charge in [0.1, 0.15) is 6.54 Å².